The van der Waals surface area contributed by atoms with Crippen molar-refractivity contribution in [2.75, 3.05) is 5.32 Å². The Morgan fingerprint density at radius 2 is 1.77 bits per heavy atom. The number of benzene rings is 2. The van der Waals surface area contributed by atoms with E-state index >= 15 is 0 Å². The number of carbonyl (C=O) groups is 1. The normalized spacial score (nSPS) is 10.8. The molecule has 0 atom stereocenters. The summed E-state index contributed by atoms with van der Waals surface area (Å²) in [5.74, 6) is 0.469. The van der Waals surface area contributed by atoms with Crippen LogP contribution >= 0.6 is 0 Å². The van der Waals surface area contributed by atoms with Gasteiger partial charge in [0.2, 0.25) is 0 Å². The van der Waals surface area contributed by atoms with E-state index in [1.165, 1.54) is 10.1 Å². The molecule has 0 saturated heterocycles. The predicted octanol–water partition coefficient (Wildman–Crippen LogP) is 3.16. The van der Waals surface area contributed by atoms with Crippen LogP contribution in [-0.4, -0.2) is 25.5 Å². The van der Waals surface area contributed by atoms with Crippen molar-refractivity contribution in [2.24, 2.45) is 0 Å². The first kappa shape index (κ1) is 16.0. The van der Waals surface area contributed by atoms with E-state index in [2.05, 4.69) is 32.5 Å². The van der Waals surface area contributed by atoms with Crippen LogP contribution in [-0.2, 0) is 12.8 Å². The summed E-state index contributed by atoms with van der Waals surface area (Å²) < 4.78 is 1.52. The Morgan fingerprint density at radius 3 is 2.62 bits per heavy atom. The molecule has 128 valence electrons. The molecule has 2 heterocycles. The first-order valence-electron chi connectivity index (χ1n) is 8.40. The quantitative estimate of drug-likeness (QED) is 0.604. The molecule has 2 aromatic carbocycles. The number of nitrogens with zero attached hydrogens (tertiary/aromatic N) is 4. The predicted molar refractivity (Wildman–Crippen MR) is 99.0 cm³/mol. The molecule has 0 aliphatic heterocycles. The lowest BCUT2D eigenvalue weighted by atomic mass is 9.99. The molecule has 6 heteroatoms. The number of amides is 1. The summed E-state index contributed by atoms with van der Waals surface area (Å²) >= 11 is 0. The van der Waals surface area contributed by atoms with Crippen molar-refractivity contribution < 1.29 is 4.79 Å². The number of fused-ring (bicyclic) bond motifs is 1. The highest BCUT2D eigenvalue weighted by Crippen LogP contribution is 2.14. The van der Waals surface area contributed by atoms with Gasteiger partial charge >= 0.3 is 0 Å². The Labute approximate surface area is 150 Å². The molecule has 0 radical (unpaired) electrons. The van der Waals surface area contributed by atoms with Crippen LogP contribution in [0, 0.1) is 0 Å². The standard InChI is InChI=1S/C20H17N5O/c26-18(22-19-23-20-21-13-6-14-25(20)24-19)17-10-5-4-9-16(17)12-11-15-7-2-1-3-8-15/h1-10,13-14H,11-12H2,(H,22,24,26). The van der Waals surface area contributed by atoms with Gasteiger partial charge in [-0.05, 0) is 36.1 Å². The fraction of sp³-hybridized carbons (Fsp3) is 0.100. The Morgan fingerprint density at radius 1 is 0.962 bits per heavy atom. The number of aromatic nitrogens is 4. The molecule has 4 rings (SSSR count). The van der Waals surface area contributed by atoms with Gasteiger partial charge in [0.05, 0.1) is 0 Å². The van der Waals surface area contributed by atoms with Crippen molar-refractivity contribution in [1.82, 2.24) is 19.6 Å². The Hall–Kier alpha value is -3.54. The summed E-state index contributed by atoms with van der Waals surface area (Å²) in [5, 5.41) is 6.98. The van der Waals surface area contributed by atoms with Gasteiger partial charge in [-0.2, -0.15) is 4.98 Å². The molecule has 26 heavy (non-hydrogen) atoms. The molecule has 0 bridgehead atoms. The lowest BCUT2D eigenvalue weighted by molar-refractivity contribution is 0.102. The van der Waals surface area contributed by atoms with Gasteiger partial charge in [-0.1, -0.05) is 48.5 Å². The smallest absolute Gasteiger partial charge is 0.258 e. The summed E-state index contributed by atoms with van der Waals surface area (Å²) in [4.78, 5) is 21.0. The lowest BCUT2D eigenvalue weighted by Crippen LogP contribution is -2.15. The number of hydrogen-bond donors (Lipinski definition) is 1. The molecule has 2 aromatic heterocycles. The minimum Gasteiger partial charge on any atom is -0.289 e. The third-order valence-electron chi connectivity index (χ3n) is 4.13. The fourth-order valence-corrected chi connectivity index (χ4v) is 2.84. The second-order valence-corrected chi connectivity index (χ2v) is 5.90. The second kappa shape index (κ2) is 7.14. The molecule has 0 unspecified atom stereocenters. The Balaban J connectivity index is 1.52. The first-order valence-corrected chi connectivity index (χ1v) is 8.40. The van der Waals surface area contributed by atoms with Crippen molar-refractivity contribution in [1.29, 1.82) is 0 Å². The number of anilines is 1. The van der Waals surface area contributed by atoms with Crippen molar-refractivity contribution in [3.05, 3.63) is 89.7 Å². The van der Waals surface area contributed by atoms with Crippen LogP contribution in [0.25, 0.3) is 5.78 Å². The Kier molecular flexibility index (Phi) is 4.38. The van der Waals surface area contributed by atoms with E-state index in [9.17, 15) is 4.79 Å². The minimum atomic E-state index is -0.218. The van der Waals surface area contributed by atoms with Crippen molar-refractivity contribution in [3.8, 4) is 0 Å². The molecule has 1 N–H and O–H groups in total. The molecule has 0 aliphatic rings. The second-order valence-electron chi connectivity index (χ2n) is 5.90. The maximum atomic E-state index is 12.7. The van der Waals surface area contributed by atoms with E-state index in [0.29, 0.717) is 11.3 Å². The maximum absolute atomic E-state index is 12.7. The van der Waals surface area contributed by atoms with E-state index in [1.54, 1.807) is 18.5 Å². The lowest BCUT2D eigenvalue weighted by Gasteiger charge is -2.08. The average molecular weight is 343 g/mol. The minimum absolute atomic E-state index is 0.218. The molecular weight excluding hydrogens is 326 g/mol. The third kappa shape index (κ3) is 3.44. The number of nitrogens with one attached hydrogen (secondary N) is 1. The first-order chi connectivity index (χ1) is 12.8. The number of rotatable bonds is 5. The van der Waals surface area contributed by atoms with Gasteiger partial charge in [-0.15, -0.1) is 5.10 Å². The van der Waals surface area contributed by atoms with E-state index in [1.807, 2.05) is 42.5 Å². The average Bonchev–Trinajstić information content (AvgIpc) is 3.09. The molecule has 6 nitrogen and oxygen atoms in total. The highest BCUT2D eigenvalue weighted by Gasteiger charge is 2.14. The molecule has 0 saturated carbocycles. The zero-order valence-corrected chi connectivity index (χ0v) is 14.0. The summed E-state index contributed by atoms with van der Waals surface area (Å²) in [7, 11) is 0. The summed E-state index contributed by atoms with van der Waals surface area (Å²) in [6.45, 7) is 0. The molecule has 0 aliphatic carbocycles. The molecular formula is C20H17N5O. The van der Waals surface area contributed by atoms with Gasteiger partial charge in [0.25, 0.3) is 17.6 Å². The van der Waals surface area contributed by atoms with Crippen LogP contribution in [0.5, 0.6) is 0 Å². The molecule has 0 spiro atoms. The Bertz CT molecular complexity index is 1010. The fourth-order valence-electron chi connectivity index (χ4n) is 2.84. The van der Waals surface area contributed by atoms with Gasteiger partial charge in [0, 0.05) is 18.0 Å². The van der Waals surface area contributed by atoms with Crippen LogP contribution in [0.4, 0.5) is 5.95 Å². The summed E-state index contributed by atoms with van der Waals surface area (Å²) in [5.41, 5.74) is 2.88. The van der Waals surface area contributed by atoms with E-state index in [4.69, 9.17) is 0 Å². The van der Waals surface area contributed by atoms with Crippen molar-refractivity contribution in [3.63, 3.8) is 0 Å². The maximum Gasteiger partial charge on any atom is 0.258 e. The van der Waals surface area contributed by atoms with E-state index in [-0.39, 0.29) is 11.9 Å². The summed E-state index contributed by atoms with van der Waals surface area (Å²) in [6.07, 6.45) is 5.03. The van der Waals surface area contributed by atoms with Crippen LogP contribution < -0.4 is 5.32 Å². The van der Waals surface area contributed by atoms with Gasteiger partial charge in [0.1, 0.15) is 0 Å². The van der Waals surface area contributed by atoms with Crippen LogP contribution in [0.2, 0.25) is 0 Å². The largest absolute Gasteiger partial charge is 0.289 e. The van der Waals surface area contributed by atoms with Crippen molar-refractivity contribution in [2.45, 2.75) is 12.8 Å². The number of aryl methyl sites for hydroxylation is 2. The van der Waals surface area contributed by atoms with E-state index in [0.717, 1.165) is 18.4 Å². The van der Waals surface area contributed by atoms with Crippen LogP contribution in [0.3, 0.4) is 0 Å². The van der Waals surface area contributed by atoms with Gasteiger partial charge in [0.15, 0.2) is 0 Å². The zero-order chi connectivity index (χ0) is 17.8. The molecule has 1 amide bonds. The monoisotopic (exact) mass is 343 g/mol. The summed E-state index contributed by atoms with van der Waals surface area (Å²) in [6, 6.07) is 19.6. The molecule has 4 aromatic rings. The highest BCUT2D eigenvalue weighted by atomic mass is 16.1. The van der Waals surface area contributed by atoms with Gasteiger partial charge in [-0.3, -0.25) is 10.1 Å². The zero-order valence-electron chi connectivity index (χ0n) is 14.0. The van der Waals surface area contributed by atoms with Crippen molar-refractivity contribution >= 4 is 17.6 Å². The SMILES string of the molecule is O=C(Nc1nc2ncccn2n1)c1ccccc1CCc1ccccc1. The van der Waals surface area contributed by atoms with Crippen LogP contribution in [0.15, 0.2) is 73.1 Å². The highest BCUT2D eigenvalue weighted by molar-refractivity contribution is 6.04. The topological polar surface area (TPSA) is 72.2 Å². The number of carbonyl (C=O) groups excluding carboxylic acids is 1. The van der Waals surface area contributed by atoms with E-state index < -0.39 is 0 Å². The van der Waals surface area contributed by atoms with Gasteiger partial charge in [-0.25, -0.2) is 9.50 Å². The van der Waals surface area contributed by atoms with Crippen LogP contribution in [0.1, 0.15) is 21.5 Å². The van der Waals surface area contributed by atoms with Gasteiger partial charge < -0.3 is 0 Å². The third-order valence-corrected chi connectivity index (χ3v) is 4.13. The number of hydrogen-bond acceptors (Lipinski definition) is 4. The molecule has 0 fully saturated rings.